The summed E-state index contributed by atoms with van der Waals surface area (Å²) in [4.78, 5) is 16.7. The van der Waals surface area contributed by atoms with Crippen molar-refractivity contribution in [2.75, 3.05) is 20.1 Å². The molecular formula is C18H28N2O. The fraction of sp³-hybridized carbons (Fsp3) is 0.611. The third-order valence-electron chi connectivity index (χ3n) is 4.63. The van der Waals surface area contributed by atoms with Gasteiger partial charge in [0.2, 0.25) is 5.91 Å². The highest BCUT2D eigenvalue weighted by Gasteiger charge is 2.19. The molecule has 3 nitrogen and oxygen atoms in total. The van der Waals surface area contributed by atoms with Crippen molar-refractivity contribution in [3.8, 4) is 0 Å². The van der Waals surface area contributed by atoms with Crippen LogP contribution in [0.1, 0.15) is 43.7 Å². The van der Waals surface area contributed by atoms with Crippen molar-refractivity contribution >= 4 is 5.91 Å². The summed E-state index contributed by atoms with van der Waals surface area (Å²) in [6.07, 6.45) is 4.24. The number of hydrogen-bond acceptors (Lipinski definition) is 2. The van der Waals surface area contributed by atoms with Crippen LogP contribution in [0.3, 0.4) is 0 Å². The van der Waals surface area contributed by atoms with Gasteiger partial charge in [-0.25, -0.2) is 0 Å². The molecule has 3 heteroatoms. The minimum atomic E-state index is 0.254. The highest BCUT2D eigenvalue weighted by atomic mass is 16.2. The van der Waals surface area contributed by atoms with E-state index in [4.69, 9.17) is 0 Å². The minimum absolute atomic E-state index is 0.254. The van der Waals surface area contributed by atoms with E-state index in [-0.39, 0.29) is 5.91 Å². The summed E-state index contributed by atoms with van der Waals surface area (Å²) in [5.41, 5.74) is 2.49. The van der Waals surface area contributed by atoms with Crippen molar-refractivity contribution in [1.82, 2.24) is 9.80 Å². The Balaban J connectivity index is 1.78. The number of benzene rings is 1. The maximum atomic E-state index is 12.3. The third-order valence-corrected chi connectivity index (χ3v) is 4.63. The predicted octanol–water partition coefficient (Wildman–Crippen LogP) is 3.22. The molecule has 1 atom stereocenters. The topological polar surface area (TPSA) is 23.6 Å². The molecule has 116 valence electrons. The zero-order valence-electron chi connectivity index (χ0n) is 13.6. The average molecular weight is 288 g/mol. The number of amides is 1. The van der Waals surface area contributed by atoms with Crippen molar-refractivity contribution in [2.45, 2.75) is 52.1 Å². The quantitative estimate of drug-likeness (QED) is 0.802. The molecule has 0 spiro atoms. The van der Waals surface area contributed by atoms with Gasteiger partial charge in [0.1, 0.15) is 0 Å². The zero-order valence-corrected chi connectivity index (χ0v) is 13.6. The Kier molecular flexibility index (Phi) is 5.80. The molecule has 0 bridgehead atoms. The van der Waals surface area contributed by atoms with Crippen LogP contribution < -0.4 is 0 Å². The predicted molar refractivity (Wildman–Crippen MR) is 87.2 cm³/mol. The Morgan fingerprint density at radius 2 is 1.95 bits per heavy atom. The van der Waals surface area contributed by atoms with Crippen molar-refractivity contribution in [3.05, 3.63) is 35.4 Å². The lowest BCUT2D eigenvalue weighted by Gasteiger charge is -2.25. The van der Waals surface area contributed by atoms with Crippen LogP contribution in [0.5, 0.6) is 0 Å². The van der Waals surface area contributed by atoms with E-state index < -0.39 is 0 Å². The Hall–Kier alpha value is -1.35. The summed E-state index contributed by atoms with van der Waals surface area (Å²) >= 11 is 0. The number of hydrogen-bond donors (Lipinski definition) is 0. The van der Waals surface area contributed by atoms with Gasteiger partial charge in [-0.15, -0.1) is 0 Å². The number of rotatable bonds is 6. The van der Waals surface area contributed by atoms with E-state index in [2.05, 4.69) is 30.9 Å². The van der Waals surface area contributed by atoms with E-state index in [0.29, 0.717) is 19.0 Å². The van der Waals surface area contributed by atoms with Gasteiger partial charge >= 0.3 is 0 Å². The van der Waals surface area contributed by atoms with Crippen LogP contribution >= 0.6 is 0 Å². The largest absolute Gasteiger partial charge is 0.341 e. The first-order valence-electron chi connectivity index (χ1n) is 8.10. The molecule has 1 amide bonds. The van der Waals surface area contributed by atoms with E-state index in [9.17, 15) is 4.79 Å². The first-order valence-corrected chi connectivity index (χ1v) is 8.10. The van der Waals surface area contributed by atoms with Crippen LogP contribution in [0.2, 0.25) is 0 Å². The molecule has 21 heavy (non-hydrogen) atoms. The minimum Gasteiger partial charge on any atom is -0.341 e. The van der Waals surface area contributed by atoms with Crippen LogP contribution in [-0.2, 0) is 11.3 Å². The molecule has 1 saturated heterocycles. The first-order chi connectivity index (χ1) is 10.1. The molecule has 0 radical (unpaired) electrons. The molecule has 0 unspecified atom stereocenters. The van der Waals surface area contributed by atoms with Crippen LogP contribution in [-0.4, -0.2) is 41.9 Å². The van der Waals surface area contributed by atoms with Crippen molar-refractivity contribution < 1.29 is 4.79 Å². The summed E-state index contributed by atoms with van der Waals surface area (Å²) in [6, 6.07) is 8.81. The number of nitrogens with zero attached hydrogens (tertiary/aromatic N) is 2. The molecule has 2 rings (SSSR count). The molecule has 0 aliphatic carbocycles. The molecule has 0 N–H and O–H groups in total. The number of likely N-dealkylation sites (tertiary alicyclic amines) is 1. The third kappa shape index (κ3) is 4.57. The van der Waals surface area contributed by atoms with Crippen molar-refractivity contribution in [3.63, 3.8) is 0 Å². The molecule has 1 heterocycles. The standard InChI is InChI=1S/C18H28N2O/c1-15-8-4-5-9-17(15)14-19(3)18(21)11-10-16(2)20-12-6-7-13-20/h4-5,8-9,16H,6-7,10-14H2,1-3H3/t16-/m1/s1. The summed E-state index contributed by atoms with van der Waals surface area (Å²) in [5, 5.41) is 0. The van der Waals surface area contributed by atoms with Crippen LogP contribution in [0.25, 0.3) is 0 Å². The zero-order chi connectivity index (χ0) is 15.2. The second kappa shape index (κ2) is 7.60. The second-order valence-electron chi connectivity index (χ2n) is 6.31. The highest BCUT2D eigenvalue weighted by Crippen LogP contribution is 2.16. The van der Waals surface area contributed by atoms with Crippen molar-refractivity contribution in [2.24, 2.45) is 0 Å². The van der Waals surface area contributed by atoms with Crippen molar-refractivity contribution in [1.29, 1.82) is 0 Å². The molecule has 1 aromatic carbocycles. The fourth-order valence-electron chi connectivity index (χ4n) is 3.02. The Morgan fingerprint density at radius 3 is 2.62 bits per heavy atom. The highest BCUT2D eigenvalue weighted by molar-refractivity contribution is 5.75. The SMILES string of the molecule is Cc1ccccc1CN(C)C(=O)CC[C@@H](C)N1CCCC1. The summed E-state index contributed by atoms with van der Waals surface area (Å²) in [6.45, 7) is 7.47. The van der Waals surface area contributed by atoms with Gasteiger partial charge in [0.25, 0.3) is 0 Å². The van der Waals surface area contributed by atoms with Crippen LogP contribution in [0.15, 0.2) is 24.3 Å². The van der Waals surface area contributed by atoms with E-state index in [1.807, 2.05) is 24.1 Å². The molecule has 1 aromatic rings. The lowest BCUT2D eigenvalue weighted by molar-refractivity contribution is -0.130. The van der Waals surface area contributed by atoms with E-state index in [1.165, 1.54) is 37.1 Å². The Labute approximate surface area is 128 Å². The smallest absolute Gasteiger partial charge is 0.222 e. The normalized spacial score (nSPS) is 16.9. The van der Waals surface area contributed by atoms with E-state index >= 15 is 0 Å². The molecule has 0 aromatic heterocycles. The molecule has 0 saturated carbocycles. The van der Waals surface area contributed by atoms with E-state index in [0.717, 1.165) is 6.42 Å². The average Bonchev–Trinajstić information content (AvgIpc) is 3.01. The fourth-order valence-corrected chi connectivity index (χ4v) is 3.02. The number of carbonyl (C=O) groups is 1. The van der Waals surface area contributed by atoms with Gasteiger partial charge in [-0.3, -0.25) is 4.79 Å². The van der Waals surface area contributed by atoms with Gasteiger partial charge < -0.3 is 9.80 Å². The maximum Gasteiger partial charge on any atom is 0.222 e. The van der Waals surface area contributed by atoms with Gasteiger partial charge in [0, 0.05) is 26.1 Å². The lowest BCUT2D eigenvalue weighted by Crippen LogP contribution is -2.32. The first kappa shape index (κ1) is 16.0. The Bertz CT molecular complexity index is 466. The summed E-state index contributed by atoms with van der Waals surface area (Å²) in [5.74, 6) is 0.254. The van der Waals surface area contributed by atoms with Gasteiger partial charge in [0.05, 0.1) is 0 Å². The molecule has 1 aliphatic rings. The van der Waals surface area contributed by atoms with Gasteiger partial charge in [-0.1, -0.05) is 24.3 Å². The lowest BCUT2D eigenvalue weighted by atomic mass is 10.1. The number of aryl methyl sites for hydroxylation is 1. The molecular weight excluding hydrogens is 260 g/mol. The summed E-state index contributed by atoms with van der Waals surface area (Å²) in [7, 11) is 1.91. The van der Waals surface area contributed by atoms with Gasteiger partial charge in [0.15, 0.2) is 0 Å². The maximum absolute atomic E-state index is 12.3. The monoisotopic (exact) mass is 288 g/mol. The van der Waals surface area contributed by atoms with Gasteiger partial charge in [-0.2, -0.15) is 0 Å². The molecule has 1 aliphatic heterocycles. The van der Waals surface area contributed by atoms with Gasteiger partial charge in [-0.05, 0) is 57.3 Å². The van der Waals surface area contributed by atoms with Crippen LogP contribution in [0, 0.1) is 6.92 Å². The summed E-state index contributed by atoms with van der Waals surface area (Å²) < 4.78 is 0. The van der Waals surface area contributed by atoms with E-state index in [1.54, 1.807) is 0 Å². The Morgan fingerprint density at radius 1 is 1.29 bits per heavy atom. The second-order valence-corrected chi connectivity index (χ2v) is 6.31. The number of carbonyl (C=O) groups excluding carboxylic acids is 1. The van der Waals surface area contributed by atoms with Crippen LogP contribution in [0.4, 0.5) is 0 Å². The molecule has 1 fully saturated rings.